The summed E-state index contributed by atoms with van der Waals surface area (Å²) in [5.74, 6) is -1.23. The van der Waals surface area contributed by atoms with Crippen LogP contribution in [0.15, 0.2) is 23.1 Å². The Hall–Kier alpha value is -2.49. The van der Waals surface area contributed by atoms with Crippen molar-refractivity contribution in [3.63, 3.8) is 0 Å². The van der Waals surface area contributed by atoms with Gasteiger partial charge in [-0.25, -0.2) is 13.2 Å². The van der Waals surface area contributed by atoms with Crippen molar-refractivity contribution in [1.29, 1.82) is 0 Å². The Kier molecular flexibility index (Phi) is 6.53. The number of carbonyl (C=O) groups excluding carboxylic acids is 2. The number of hydrogen-bond acceptors (Lipinski definition) is 7. The lowest BCUT2D eigenvalue weighted by Gasteiger charge is -2.24. The molecule has 1 fully saturated rings. The highest BCUT2D eigenvalue weighted by Gasteiger charge is 2.28. The number of nitro benzene ring substituents is 1. The first-order valence-corrected chi connectivity index (χ1v) is 10.5. The molecular weight excluding hydrogens is 376 g/mol. The van der Waals surface area contributed by atoms with E-state index in [0.717, 1.165) is 50.1 Å². The molecule has 1 aromatic rings. The predicted octanol–water partition coefficient (Wildman–Crippen LogP) is 1.95. The molecule has 9 nitrogen and oxygen atoms in total. The molecule has 148 valence electrons. The summed E-state index contributed by atoms with van der Waals surface area (Å²) < 4.78 is 28.4. The second kappa shape index (κ2) is 8.47. The van der Waals surface area contributed by atoms with E-state index in [2.05, 4.69) is 0 Å². The zero-order chi connectivity index (χ0) is 20.2. The van der Waals surface area contributed by atoms with Crippen LogP contribution in [0.2, 0.25) is 0 Å². The van der Waals surface area contributed by atoms with Crippen molar-refractivity contribution in [2.24, 2.45) is 0 Å². The molecule has 1 atom stereocenters. The first kappa shape index (κ1) is 20.8. The van der Waals surface area contributed by atoms with Gasteiger partial charge in [0.05, 0.1) is 10.5 Å². The van der Waals surface area contributed by atoms with Crippen molar-refractivity contribution >= 4 is 27.4 Å². The van der Waals surface area contributed by atoms with Crippen molar-refractivity contribution in [1.82, 2.24) is 4.90 Å². The lowest BCUT2D eigenvalue weighted by atomic mass is 10.2. The van der Waals surface area contributed by atoms with Crippen LogP contribution < -0.4 is 0 Å². The smallest absolute Gasteiger partial charge is 0.339 e. The van der Waals surface area contributed by atoms with Crippen molar-refractivity contribution in [2.45, 2.75) is 43.6 Å². The van der Waals surface area contributed by atoms with E-state index in [-0.39, 0.29) is 11.5 Å². The lowest BCUT2D eigenvalue weighted by Crippen LogP contribution is -2.40. The molecule has 1 aliphatic heterocycles. The number of sulfone groups is 1. The Morgan fingerprint density at radius 3 is 2.30 bits per heavy atom. The number of amides is 1. The van der Waals surface area contributed by atoms with Crippen LogP contribution in [0.5, 0.6) is 0 Å². The van der Waals surface area contributed by atoms with Gasteiger partial charge in [0.15, 0.2) is 15.9 Å². The molecule has 0 radical (unpaired) electrons. The average Bonchev–Trinajstić information content (AvgIpc) is 2.88. The van der Waals surface area contributed by atoms with Crippen LogP contribution in [0, 0.1) is 10.1 Å². The molecule has 0 aliphatic carbocycles. The number of rotatable bonds is 5. The SMILES string of the molecule is CC(OC(=O)c1ccc(S(C)(=O)=O)c([N+](=O)[O-])c1)C(=O)N1CCCCCC1. The second-order valence-electron chi connectivity index (χ2n) is 6.50. The number of benzene rings is 1. The third-order valence-electron chi connectivity index (χ3n) is 4.34. The van der Waals surface area contributed by atoms with Gasteiger partial charge in [-0.3, -0.25) is 14.9 Å². The summed E-state index contributed by atoms with van der Waals surface area (Å²) in [5.41, 5.74) is -0.900. The van der Waals surface area contributed by atoms with E-state index in [9.17, 15) is 28.1 Å². The van der Waals surface area contributed by atoms with Crippen LogP contribution in [0.1, 0.15) is 43.0 Å². The summed E-state index contributed by atoms with van der Waals surface area (Å²) in [5, 5.41) is 11.1. The van der Waals surface area contributed by atoms with Crippen LogP contribution in [0.3, 0.4) is 0 Å². The Labute approximate surface area is 157 Å². The third-order valence-corrected chi connectivity index (χ3v) is 5.48. The summed E-state index contributed by atoms with van der Waals surface area (Å²) in [7, 11) is -3.83. The molecule has 1 aliphatic rings. The quantitative estimate of drug-likeness (QED) is 0.422. The van der Waals surface area contributed by atoms with Crippen LogP contribution in [0.4, 0.5) is 5.69 Å². The van der Waals surface area contributed by atoms with Gasteiger partial charge in [0, 0.05) is 25.4 Å². The van der Waals surface area contributed by atoms with E-state index in [4.69, 9.17) is 4.74 Å². The highest BCUT2D eigenvalue weighted by atomic mass is 32.2. The van der Waals surface area contributed by atoms with Gasteiger partial charge in [-0.05, 0) is 31.9 Å². The summed E-state index contributed by atoms with van der Waals surface area (Å²) >= 11 is 0. The molecular formula is C17H22N2O7S. The molecule has 1 aromatic carbocycles. The zero-order valence-electron chi connectivity index (χ0n) is 15.2. The Morgan fingerprint density at radius 2 is 1.78 bits per heavy atom. The summed E-state index contributed by atoms with van der Waals surface area (Å²) in [6, 6.07) is 2.97. The van der Waals surface area contributed by atoms with E-state index in [1.807, 2.05) is 0 Å². The first-order valence-electron chi connectivity index (χ1n) is 8.59. The number of nitro groups is 1. The van der Waals surface area contributed by atoms with E-state index in [0.29, 0.717) is 13.1 Å². The minimum absolute atomic E-state index is 0.190. The topological polar surface area (TPSA) is 124 Å². The first-order chi connectivity index (χ1) is 12.6. The standard InChI is InChI=1S/C17H22N2O7S/c1-12(16(20)18-9-5-3-4-6-10-18)26-17(21)13-7-8-15(27(2,24)25)14(11-13)19(22)23/h7-8,11-12H,3-6,9-10H2,1-2H3. The number of esters is 1. The van der Waals surface area contributed by atoms with Crippen LogP contribution in [-0.2, 0) is 19.4 Å². The van der Waals surface area contributed by atoms with Crippen molar-refractivity contribution in [3.05, 3.63) is 33.9 Å². The molecule has 0 N–H and O–H groups in total. The highest BCUT2D eigenvalue weighted by molar-refractivity contribution is 7.90. The Morgan fingerprint density at radius 1 is 1.19 bits per heavy atom. The van der Waals surface area contributed by atoms with E-state index < -0.39 is 37.4 Å². The number of hydrogen-bond donors (Lipinski definition) is 0. The Bertz CT molecular complexity index is 843. The van der Waals surface area contributed by atoms with Gasteiger partial charge in [-0.1, -0.05) is 12.8 Å². The normalized spacial score (nSPS) is 16.3. The average molecular weight is 398 g/mol. The molecule has 1 saturated heterocycles. The number of likely N-dealkylation sites (tertiary alicyclic amines) is 1. The van der Waals surface area contributed by atoms with Gasteiger partial charge in [0.1, 0.15) is 4.90 Å². The molecule has 2 rings (SSSR count). The molecule has 1 amide bonds. The fourth-order valence-electron chi connectivity index (χ4n) is 2.93. The van der Waals surface area contributed by atoms with Crippen LogP contribution in [-0.4, -0.2) is 55.6 Å². The number of ether oxygens (including phenoxy) is 1. The van der Waals surface area contributed by atoms with Crippen molar-refractivity contribution in [3.8, 4) is 0 Å². The molecule has 0 saturated carbocycles. The van der Waals surface area contributed by atoms with Crippen molar-refractivity contribution < 1.29 is 27.7 Å². The predicted molar refractivity (Wildman–Crippen MR) is 96.1 cm³/mol. The van der Waals surface area contributed by atoms with E-state index in [1.54, 1.807) is 4.90 Å². The van der Waals surface area contributed by atoms with E-state index >= 15 is 0 Å². The minimum atomic E-state index is -3.83. The molecule has 1 heterocycles. The summed E-state index contributed by atoms with van der Waals surface area (Å²) in [6.45, 7) is 2.66. The number of carbonyl (C=O) groups is 2. The molecule has 0 spiro atoms. The van der Waals surface area contributed by atoms with Crippen molar-refractivity contribution in [2.75, 3.05) is 19.3 Å². The maximum atomic E-state index is 12.4. The van der Waals surface area contributed by atoms with Gasteiger partial charge in [-0.2, -0.15) is 0 Å². The molecule has 10 heteroatoms. The van der Waals surface area contributed by atoms with E-state index in [1.165, 1.54) is 6.92 Å². The van der Waals surface area contributed by atoms with Crippen LogP contribution >= 0.6 is 0 Å². The molecule has 1 unspecified atom stereocenters. The fraction of sp³-hybridized carbons (Fsp3) is 0.529. The maximum Gasteiger partial charge on any atom is 0.339 e. The molecule has 27 heavy (non-hydrogen) atoms. The van der Waals surface area contributed by atoms with Gasteiger partial charge in [0.25, 0.3) is 11.6 Å². The maximum absolute atomic E-state index is 12.4. The second-order valence-corrected chi connectivity index (χ2v) is 8.48. The van der Waals surface area contributed by atoms with Gasteiger partial charge >= 0.3 is 5.97 Å². The Balaban J connectivity index is 2.16. The minimum Gasteiger partial charge on any atom is -0.449 e. The molecule has 0 aromatic heterocycles. The monoisotopic (exact) mass is 398 g/mol. The third kappa shape index (κ3) is 5.25. The summed E-state index contributed by atoms with van der Waals surface area (Å²) in [6.07, 6.45) is 3.69. The van der Waals surface area contributed by atoms with Gasteiger partial charge in [0.2, 0.25) is 0 Å². The fourth-order valence-corrected chi connectivity index (χ4v) is 3.76. The van der Waals surface area contributed by atoms with Crippen LogP contribution in [0.25, 0.3) is 0 Å². The lowest BCUT2D eigenvalue weighted by molar-refractivity contribution is -0.387. The summed E-state index contributed by atoms with van der Waals surface area (Å²) in [4.78, 5) is 36.2. The van der Waals surface area contributed by atoms with Gasteiger partial charge < -0.3 is 9.64 Å². The highest BCUT2D eigenvalue weighted by Crippen LogP contribution is 2.25. The zero-order valence-corrected chi connectivity index (χ0v) is 16.0. The van der Waals surface area contributed by atoms with Gasteiger partial charge in [-0.15, -0.1) is 0 Å². The number of nitrogens with zero attached hydrogens (tertiary/aromatic N) is 2. The molecule has 0 bridgehead atoms. The largest absolute Gasteiger partial charge is 0.449 e.